The van der Waals surface area contributed by atoms with Gasteiger partial charge < -0.3 is 5.32 Å². The van der Waals surface area contributed by atoms with Gasteiger partial charge >= 0.3 is 0 Å². The van der Waals surface area contributed by atoms with Gasteiger partial charge in [-0.1, -0.05) is 67.6 Å². The zero-order valence-electron chi connectivity index (χ0n) is 15.9. The zero-order valence-corrected chi connectivity index (χ0v) is 15.9. The van der Waals surface area contributed by atoms with E-state index in [1.54, 1.807) is 0 Å². The molecule has 0 aliphatic rings. The molecule has 0 aliphatic carbocycles. The van der Waals surface area contributed by atoms with Crippen LogP contribution in [0.4, 0.5) is 0 Å². The third-order valence-corrected chi connectivity index (χ3v) is 5.18. The van der Waals surface area contributed by atoms with Gasteiger partial charge in [-0.2, -0.15) is 0 Å². The fraction of sp³-hybridized carbons (Fsp3) is 0.292. The highest BCUT2D eigenvalue weighted by Gasteiger charge is 2.13. The largest absolute Gasteiger partial charge is 0.349 e. The maximum absolute atomic E-state index is 12.5. The molecule has 0 aromatic heterocycles. The lowest BCUT2D eigenvalue weighted by Gasteiger charge is -2.19. The number of aryl methyl sites for hydroxylation is 3. The molecule has 26 heavy (non-hydrogen) atoms. The van der Waals surface area contributed by atoms with Crippen molar-refractivity contribution in [2.45, 2.75) is 46.1 Å². The molecule has 0 unspecified atom stereocenters. The zero-order chi connectivity index (χ0) is 18.5. The summed E-state index contributed by atoms with van der Waals surface area (Å²) < 4.78 is 0. The Balaban J connectivity index is 1.66. The molecule has 0 fully saturated rings. The normalized spacial score (nSPS) is 12.1. The monoisotopic (exact) mass is 345 g/mol. The fourth-order valence-electron chi connectivity index (χ4n) is 3.43. The first-order chi connectivity index (χ1) is 12.6. The molecule has 3 rings (SSSR count). The van der Waals surface area contributed by atoms with Gasteiger partial charge in [0.05, 0.1) is 6.04 Å². The van der Waals surface area contributed by atoms with E-state index in [0.29, 0.717) is 6.42 Å². The van der Waals surface area contributed by atoms with Gasteiger partial charge in [-0.3, -0.25) is 4.79 Å². The van der Waals surface area contributed by atoms with E-state index in [-0.39, 0.29) is 11.9 Å². The Morgan fingerprint density at radius 2 is 1.73 bits per heavy atom. The second-order valence-electron chi connectivity index (χ2n) is 7.01. The van der Waals surface area contributed by atoms with Crippen LogP contribution in [0, 0.1) is 13.8 Å². The lowest BCUT2D eigenvalue weighted by molar-refractivity contribution is -0.121. The summed E-state index contributed by atoms with van der Waals surface area (Å²) in [5.41, 5.74) is 4.98. The standard InChI is InChI=1S/C24H27NO/c1-4-23(21-13-12-17(2)18(3)16-21)25-24(26)15-14-20-10-7-9-19-8-5-6-11-22(19)20/h5-13,16,23H,4,14-15H2,1-3H3,(H,25,26)/t23-/m1/s1. The van der Waals surface area contributed by atoms with Gasteiger partial charge in [0.1, 0.15) is 0 Å². The van der Waals surface area contributed by atoms with Crippen LogP contribution in [0.1, 0.15) is 48.1 Å². The molecule has 0 bridgehead atoms. The van der Waals surface area contributed by atoms with Crippen molar-refractivity contribution >= 4 is 16.7 Å². The van der Waals surface area contributed by atoms with Gasteiger partial charge in [-0.25, -0.2) is 0 Å². The van der Waals surface area contributed by atoms with Gasteiger partial charge in [-0.05, 0) is 59.7 Å². The molecule has 2 nitrogen and oxygen atoms in total. The lowest BCUT2D eigenvalue weighted by Crippen LogP contribution is -2.28. The number of amides is 1. The third kappa shape index (κ3) is 4.13. The highest BCUT2D eigenvalue weighted by Crippen LogP contribution is 2.22. The second kappa shape index (κ2) is 8.18. The molecular formula is C24H27NO. The molecule has 3 aromatic carbocycles. The number of hydrogen-bond acceptors (Lipinski definition) is 1. The topological polar surface area (TPSA) is 29.1 Å². The number of rotatable bonds is 6. The number of carbonyl (C=O) groups excluding carboxylic acids is 1. The van der Waals surface area contributed by atoms with Gasteiger partial charge in [0, 0.05) is 6.42 Å². The summed E-state index contributed by atoms with van der Waals surface area (Å²) in [6, 6.07) is 21.2. The maximum atomic E-state index is 12.5. The van der Waals surface area contributed by atoms with Crippen LogP contribution in [0.3, 0.4) is 0 Å². The predicted molar refractivity (Wildman–Crippen MR) is 109 cm³/mol. The molecule has 0 heterocycles. The van der Waals surface area contributed by atoms with Crippen molar-refractivity contribution in [2.24, 2.45) is 0 Å². The average molecular weight is 345 g/mol. The Morgan fingerprint density at radius 1 is 0.962 bits per heavy atom. The average Bonchev–Trinajstić information content (AvgIpc) is 2.66. The molecule has 0 saturated carbocycles. The predicted octanol–water partition coefficient (Wildman–Crippen LogP) is 5.66. The molecule has 0 aliphatic heterocycles. The molecule has 1 atom stereocenters. The van der Waals surface area contributed by atoms with E-state index < -0.39 is 0 Å². The minimum atomic E-state index is 0.0781. The van der Waals surface area contributed by atoms with Crippen LogP contribution >= 0.6 is 0 Å². The first kappa shape index (κ1) is 18.2. The smallest absolute Gasteiger partial charge is 0.220 e. The molecule has 2 heteroatoms. The van der Waals surface area contributed by atoms with Crippen LogP contribution in [0.25, 0.3) is 10.8 Å². The van der Waals surface area contributed by atoms with Crippen LogP contribution in [0.2, 0.25) is 0 Å². The summed E-state index contributed by atoms with van der Waals surface area (Å²) in [4.78, 5) is 12.5. The molecule has 1 N–H and O–H groups in total. The van der Waals surface area contributed by atoms with E-state index >= 15 is 0 Å². The molecule has 0 spiro atoms. The van der Waals surface area contributed by atoms with Crippen molar-refractivity contribution in [2.75, 3.05) is 0 Å². The van der Waals surface area contributed by atoms with E-state index in [1.807, 2.05) is 6.07 Å². The Morgan fingerprint density at radius 3 is 2.50 bits per heavy atom. The van der Waals surface area contributed by atoms with Gasteiger partial charge in [0.2, 0.25) is 5.91 Å². The van der Waals surface area contributed by atoms with Gasteiger partial charge in [0.15, 0.2) is 0 Å². The van der Waals surface area contributed by atoms with Crippen LogP contribution in [0.5, 0.6) is 0 Å². The number of benzene rings is 3. The molecular weight excluding hydrogens is 318 g/mol. The number of carbonyl (C=O) groups is 1. The Hall–Kier alpha value is -2.61. The van der Waals surface area contributed by atoms with Crippen LogP contribution in [0.15, 0.2) is 60.7 Å². The fourth-order valence-corrected chi connectivity index (χ4v) is 3.43. The van der Waals surface area contributed by atoms with Gasteiger partial charge in [0.25, 0.3) is 0 Å². The highest BCUT2D eigenvalue weighted by atomic mass is 16.1. The highest BCUT2D eigenvalue weighted by molar-refractivity contribution is 5.86. The van der Waals surface area contributed by atoms with E-state index in [4.69, 9.17) is 0 Å². The Labute approximate surface area is 156 Å². The van der Waals surface area contributed by atoms with Crippen molar-refractivity contribution in [3.05, 3.63) is 82.9 Å². The van der Waals surface area contributed by atoms with Crippen molar-refractivity contribution in [3.63, 3.8) is 0 Å². The molecule has 1 amide bonds. The van der Waals surface area contributed by atoms with Crippen molar-refractivity contribution in [3.8, 4) is 0 Å². The van der Waals surface area contributed by atoms with Crippen molar-refractivity contribution in [1.29, 1.82) is 0 Å². The first-order valence-electron chi connectivity index (χ1n) is 9.41. The summed E-state index contributed by atoms with van der Waals surface area (Å²) in [5, 5.41) is 5.68. The quantitative estimate of drug-likeness (QED) is 0.614. The number of nitrogens with one attached hydrogen (secondary N) is 1. The van der Waals surface area contributed by atoms with E-state index in [0.717, 1.165) is 12.8 Å². The van der Waals surface area contributed by atoms with E-state index in [1.165, 1.54) is 33.0 Å². The molecule has 3 aromatic rings. The van der Waals surface area contributed by atoms with E-state index in [9.17, 15) is 4.79 Å². The Kier molecular flexibility index (Phi) is 5.72. The van der Waals surface area contributed by atoms with Crippen LogP contribution < -0.4 is 5.32 Å². The SMILES string of the molecule is CC[C@@H](NC(=O)CCc1cccc2ccccc12)c1ccc(C)c(C)c1. The third-order valence-electron chi connectivity index (χ3n) is 5.18. The summed E-state index contributed by atoms with van der Waals surface area (Å²) in [7, 11) is 0. The summed E-state index contributed by atoms with van der Waals surface area (Å²) in [6.45, 7) is 6.35. The Bertz CT molecular complexity index is 908. The van der Waals surface area contributed by atoms with Crippen molar-refractivity contribution < 1.29 is 4.79 Å². The lowest BCUT2D eigenvalue weighted by atomic mass is 9.98. The second-order valence-corrected chi connectivity index (χ2v) is 7.01. The number of fused-ring (bicyclic) bond motifs is 1. The summed E-state index contributed by atoms with van der Waals surface area (Å²) in [6.07, 6.45) is 2.16. The first-order valence-corrected chi connectivity index (χ1v) is 9.41. The minimum absolute atomic E-state index is 0.0781. The summed E-state index contributed by atoms with van der Waals surface area (Å²) in [5.74, 6) is 0.114. The molecule has 134 valence electrons. The van der Waals surface area contributed by atoms with Crippen LogP contribution in [-0.2, 0) is 11.2 Å². The van der Waals surface area contributed by atoms with Gasteiger partial charge in [-0.15, -0.1) is 0 Å². The number of hydrogen-bond donors (Lipinski definition) is 1. The van der Waals surface area contributed by atoms with Crippen LogP contribution in [-0.4, -0.2) is 5.91 Å². The molecule has 0 radical (unpaired) electrons. The molecule has 0 saturated heterocycles. The van der Waals surface area contributed by atoms with Crippen molar-refractivity contribution in [1.82, 2.24) is 5.32 Å². The maximum Gasteiger partial charge on any atom is 0.220 e. The van der Waals surface area contributed by atoms with E-state index in [2.05, 4.69) is 80.7 Å². The summed E-state index contributed by atoms with van der Waals surface area (Å²) >= 11 is 0. The minimum Gasteiger partial charge on any atom is -0.349 e.